The summed E-state index contributed by atoms with van der Waals surface area (Å²) >= 11 is 1.32. The van der Waals surface area contributed by atoms with Crippen molar-refractivity contribution in [2.24, 2.45) is 0 Å². The SMILES string of the molecule is O=c1cc(-n2cc3c(n2)CCN(Cc2ccccc2)C3)s[nH]1. The van der Waals surface area contributed by atoms with Gasteiger partial charge in [0, 0.05) is 43.9 Å². The lowest BCUT2D eigenvalue weighted by molar-refractivity contribution is 0.245. The van der Waals surface area contributed by atoms with Crippen LogP contribution in [-0.2, 0) is 19.5 Å². The topological polar surface area (TPSA) is 53.9 Å². The monoisotopic (exact) mass is 312 g/mol. The van der Waals surface area contributed by atoms with Crippen molar-refractivity contribution in [1.29, 1.82) is 0 Å². The summed E-state index contributed by atoms with van der Waals surface area (Å²) in [6.45, 7) is 2.88. The van der Waals surface area contributed by atoms with Crippen molar-refractivity contribution in [3.8, 4) is 5.00 Å². The van der Waals surface area contributed by atoms with Gasteiger partial charge in [-0.05, 0) is 17.1 Å². The van der Waals surface area contributed by atoms with Crippen LogP contribution >= 0.6 is 11.5 Å². The van der Waals surface area contributed by atoms with E-state index in [1.54, 1.807) is 6.07 Å². The molecule has 2 aromatic heterocycles. The lowest BCUT2D eigenvalue weighted by atomic mass is 10.1. The van der Waals surface area contributed by atoms with Crippen molar-refractivity contribution >= 4 is 11.5 Å². The number of hydrogen-bond acceptors (Lipinski definition) is 4. The molecule has 0 saturated carbocycles. The number of aromatic nitrogens is 3. The third-order valence-electron chi connectivity index (χ3n) is 3.92. The summed E-state index contributed by atoms with van der Waals surface area (Å²) < 4.78 is 4.52. The zero-order valence-corrected chi connectivity index (χ0v) is 12.8. The first-order valence-electron chi connectivity index (χ1n) is 7.30. The van der Waals surface area contributed by atoms with E-state index < -0.39 is 0 Å². The molecule has 1 aromatic carbocycles. The summed E-state index contributed by atoms with van der Waals surface area (Å²) in [5.74, 6) is 0. The van der Waals surface area contributed by atoms with Gasteiger partial charge in [-0.3, -0.25) is 14.1 Å². The molecule has 0 bridgehead atoms. The summed E-state index contributed by atoms with van der Waals surface area (Å²) in [6, 6.07) is 12.1. The average Bonchev–Trinajstić information content (AvgIpc) is 3.14. The van der Waals surface area contributed by atoms with Gasteiger partial charge in [0.2, 0.25) is 0 Å². The van der Waals surface area contributed by atoms with E-state index in [-0.39, 0.29) is 5.56 Å². The summed E-state index contributed by atoms with van der Waals surface area (Å²) in [5, 5.41) is 5.46. The van der Waals surface area contributed by atoms with E-state index in [4.69, 9.17) is 0 Å². The molecule has 0 saturated heterocycles. The molecule has 3 heterocycles. The van der Waals surface area contributed by atoms with Gasteiger partial charge in [0.25, 0.3) is 5.56 Å². The Morgan fingerprint density at radius 2 is 2.14 bits per heavy atom. The summed E-state index contributed by atoms with van der Waals surface area (Å²) in [7, 11) is 0. The van der Waals surface area contributed by atoms with Gasteiger partial charge in [0.1, 0.15) is 5.00 Å². The largest absolute Gasteiger partial charge is 0.294 e. The van der Waals surface area contributed by atoms with E-state index in [0.29, 0.717) is 0 Å². The van der Waals surface area contributed by atoms with Crippen LogP contribution in [0.2, 0.25) is 0 Å². The quantitative estimate of drug-likeness (QED) is 0.806. The first-order chi connectivity index (χ1) is 10.8. The van der Waals surface area contributed by atoms with E-state index in [9.17, 15) is 4.79 Å². The Kier molecular flexibility index (Phi) is 3.40. The van der Waals surface area contributed by atoms with E-state index >= 15 is 0 Å². The van der Waals surface area contributed by atoms with Gasteiger partial charge >= 0.3 is 0 Å². The smallest absolute Gasteiger partial charge is 0.260 e. The van der Waals surface area contributed by atoms with Crippen LogP contribution in [0.3, 0.4) is 0 Å². The summed E-state index contributed by atoms with van der Waals surface area (Å²) in [4.78, 5) is 13.7. The maximum absolute atomic E-state index is 11.3. The molecule has 4 rings (SSSR count). The van der Waals surface area contributed by atoms with Gasteiger partial charge in [-0.15, -0.1) is 0 Å². The van der Waals surface area contributed by atoms with Crippen molar-refractivity contribution in [2.45, 2.75) is 19.5 Å². The number of H-pyrrole nitrogens is 1. The standard InChI is InChI=1S/C16H16N4OS/c21-15-8-16(22-18-15)20-11-13-10-19(7-6-14(13)17-20)9-12-4-2-1-3-5-12/h1-5,8,11H,6-7,9-10H2,(H,18,21). The zero-order chi connectivity index (χ0) is 14.9. The fraction of sp³-hybridized carbons (Fsp3) is 0.250. The first-order valence-corrected chi connectivity index (χ1v) is 8.12. The van der Waals surface area contributed by atoms with E-state index in [2.05, 4.69) is 38.6 Å². The maximum atomic E-state index is 11.3. The lowest BCUT2D eigenvalue weighted by Gasteiger charge is -2.25. The summed E-state index contributed by atoms with van der Waals surface area (Å²) in [5.41, 5.74) is 3.66. The van der Waals surface area contributed by atoms with Gasteiger partial charge < -0.3 is 0 Å². The molecular weight excluding hydrogens is 296 g/mol. The second-order valence-corrected chi connectivity index (χ2v) is 6.37. The molecule has 0 radical (unpaired) electrons. The van der Waals surface area contributed by atoms with Crippen LogP contribution < -0.4 is 5.56 Å². The van der Waals surface area contributed by atoms with Crippen molar-refractivity contribution in [3.05, 3.63) is 69.8 Å². The molecule has 1 aliphatic rings. The Morgan fingerprint density at radius 1 is 1.27 bits per heavy atom. The number of hydrogen-bond donors (Lipinski definition) is 1. The number of nitrogens with zero attached hydrogens (tertiary/aromatic N) is 3. The molecule has 112 valence electrons. The highest BCUT2D eigenvalue weighted by atomic mass is 32.1. The first kappa shape index (κ1) is 13.5. The van der Waals surface area contributed by atoms with Crippen molar-refractivity contribution in [1.82, 2.24) is 19.1 Å². The van der Waals surface area contributed by atoms with Crippen LogP contribution in [0, 0.1) is 0 Å². The Labute approximate surface area is 132 Å². The Morgan fingerprint density at radius 3 is 2.91 bits per heavy atom. The molecule has 6 heteroatoms. The lowest BCUT2D eigenvalue weighted by Crippen LogP contribution is -2.29. The fourth-order valence-electron chi connectivity index (χ4n) is 2.85. The minimum atomic E-state index is -0.0702. The molecule has 0 aliphatic carbocycles. The fourth-order valence-corrected chi connectivity index (χ4v) is 3.47. The molecule has 0 amide bonds. The van der Waals surface area contributed by atoms with Gasteiger partial charge in [-0.25, -0.2) is 4.68 Å². The molecule has 3 aromatic rings. The maximum Gasteiger partial charge on any atom is 0.260 e. The molecule has 0 atom stereocenters. The van der Waals surface area contributed by atoms with Gasteiger partial charge in [-0.1, -0.05) is 30.3 Å². The molecule has 22 heavy (non-hydrogen) atoms. The van der Waals surface area contributed by atoms with Gasteiger partial charge in [0.15, 0.2) is 0 Å². The van der Waals surface area contributed by atoms with Crippen molar-refractivity contribution in [2.75, 3.05) is 6.54 Å². The second kappa shape index (κ2) is 5.55. The molecule has 0 spiro atoms. The number of benzene rings is 1. The predicted molar refractivity (Wildman–Crippen MR) is 86.3 cm³/mol. The van der Waals surface area contributed by atoms with Gasteiger partial charge in [-0.2, -0.15) is 5.10 Å². The van der Waals surface area contributed by atoms with E-state index in [0.717, 1.165) is 36.8 Å². The van der Waals surface area contributed by atoms with E-state index in [1.165, 1.54) is 22.7 Å². The molecule has 1 aliphatic heterocycles. The second-order valence-electron chi connectivity index (χ2n) is 5.54. The van der Waals surface area contributed by atoms with Crippen LogP contribution in [-0.4, -0.2) is 25.6 Å². The molecule has 5 nitrogen and oxygen atoms in total. The minimum absolute atomic E-state index is 0.0702. The van der Waals surface area contributed by atoms with E-state index in [1.807, 2.05) is 16.9 Å². The van der Waals surface area contributed by atoms with Crippen LogP contribution in [0.15, 0.2) is 47.4 Å². The predicted octanol–water partition coefficient (Wildman–Crippen LogP) is 2.18. The van der Waals surface area contributed by atoms with Crippen LogP contribution in [0.5, 0.6) is 0 Å². The van der Waals surface area contributed by atoms with Crippen molar-refractivity contribution < 1.29 is 0 Å². The molecular formula is C16H16N4OS. The Hall–Kier alpha value is -2.18. The Balaban J connectivity index is 1.54. The molecule has 1 N–H and O–H groups in total. The van der Waals surface area contributed by atoms with Gasteiger partial charge in [0.05, 0.1) is 5.69 Å². The summed E-state index contributed by atoms with van der Waals surface area (Å²) in [6.07, 6.45) is 3.00. The average molecular weight is 312 g/mol. The number of rotatable bonds is 3. The van der Waals surface area contributed by atoms with Crippen molar-refractivity contribution in [3.63, 3.8) is 0 Å². The third kappa shape index (κ3) is 2.63. The zero-order valence-electron chi connectivity index (χ0n) is 12.0. The Bertz CT molecular complexity index is 833. The molecule has 0 fully saturated rings. The molecule has 0 unspecified atom stereocenters. The third-order valence-corrected chi connectivity index (χ3v) is 4.74. The highest BCUT2D eigenvalue weighted by Crippen LogP contribution is 2.21. The minimum Gasteiger partial charge on any atom is -0.294 e. The van der Waals surface area contributed by atoms with Crippen LogP contribution in [0.1, 0.15) is 16.8 Å². The van der Waals surface area contributed by atoms with Crippen LogP contribution in [0.4, 0.5) is 0 Å². The highest BCUT2D eigenvalue weighted by molar-refractivity contribution is 7.08. The number of aromatic amines is 1. The van der Waals surface area contributed by atoms with Crippen LogP contribution in [0.25, 0.3) is 5.00 Å². The number of nitrogens with one attached hydrogen (secondary N) is 1. The number of fused-ring (bicyclic) bond motifs is 1. The normalized spacial score (nSPS) is 14.9. The highest BCUT2D eigenvalue weighted by Gasteiger charge is 2.20.